The summed E-state index contributed by atoms with van der Waals surface area (Å²) in [4.78, 5) is 12.9. The number of aliphatic carboxylic acids is 1. The first-order valence-corrected chi connectivity index (χ1v) is 15.7. The molecule has 0 fully saturated rings. The fraction of sp³-hybridized carbons (Fsp3) is 0.406. The van der Waals surface area contributed by atoms with Gasteiger partial charge in [-0.3, -0.25) is 4.31 Å². The standard InChI is InChI=1S/C32H37FN2O6S/c1-16-9-10-21-22(27(16)33)15-35(42(8,38)39)29-19(4)26(30(31(36)37)41-32(5,6)7)24(18(3)25(21)29)20-11-12-23-28(17(20)2)34-13-14-40-23/h9-12,30,34H,13-15H2,1-8H3,(H,36,37)/t30-/m0/s1. The van der Waals surface area contributed by atoms with Crippen LogP contribution in [0.5, 0.6) is 5.75 Å². The van der Waals surface area contributed by atoms with Crippen molar-refractivity contribution in [3.05, 3.63) is 63.5 Å². The Hall–Kier alpha value is -3.63. The molecule has 42 heavy (non-hydrogen) atoms. The van der Waals surface area contributed by atoms with Gasteiger partial charge in [0.25, 0.3) is 0 Å². The number of nitrogens with zero attached hydrogens (tertiary/aromatic N) is 1. The molecule has 0 saturated carbocycles. The molecule has 3 aromatic rings. The summed E-state index contributed by atoms with van der Waals surface area (Å²) in [5.41, 5.74) is 5.80. The SMILES string of the molecule is Cc1ccc2c(c1F)CN(S(C)(=O)=O)c1c(C)c([C@H](OC(C)(C)C)C(=O)O)c(-c3ccc4c(c3C)NCCO4)c(C)c1-2. The van der Waals surface area contributed by atoms with Crippen LogP contribution in [0.3, 0.4) is 0 Å². The number of benzene rings is 3. The predicted molar refractivity (Wildman–Crippen MR) is 162 cm³/mol. The van der Waals surface area contributed by atoms with E-state index in [2.05, 4.69) is 5.32 Å². The molecule has 0 spiro atoms. The quantitative estimate of drug-likeness (QED) is 0.350. The van der Waals surface area contributed by atoms with Crippen LogP contribution in [0.25, 0.3) is 22.3 Å². The van der Waals surface area contributed by atoms with Gasteiger partial charge in [-0.25, -0.2) is 17.6 Å². The van der Waals surface area contributed by atoms with Crippen molar-refractivity contribution in [2.45, 2.75) is 66.7 Å². The van der Waals surface area contributed by atoms with E-state index in [1.165, 1.54) is 4.31 Å². The average molecular weight is 597 g/mol. The summed E-state index contributed by atoms with van der Waals surface area (Å²) >= 11 is 0. The minimum Gasteiger partial charge on any atom is -0.490 e. The predicted octanol–water partition coefficient (Wildman–Crippen LogP) is 6.42. The van der Waals surface area contributed by atoms with E-state index in [0.717, 1.165) is 23.1 Å². The van der Waals surface area contributed by atoms with Crippen LogP contribution in [0.1, 0.15) is 60.3 Å². The monoisotopic (exact) mass is 596 g/mol. The van der Waals surface area contributed by atoms with Gasteiger partial charge in [0.1, 0.15) is 18.2 Å². The van der Waals surface area contributed by atoms with Crippen molar-refractivity contribution >= 4 is 27.4 Å². The molecule has 3 aromatic carbocycles. The molecule has 2 N–H and O–H groups in total. The number of ether oxygens (including phenoxy) is 2. The molecule has 2 aliphatic heterocycles. The molecule has 0 bridgehead atoms. The molecular weight excluding hydrogens is 559 g/mol. The molecule has 0 saturated heterocycles. The third kappa shape index (κ3) is 4.90. The number of rotatable bonds is 5. The second-order valence-corrected chi connectivity index (χ2v) is 14.0. The lowest BCUT2D eigenvalue weighted by atomic mass is 9.79. The lowest BCUT2D eigenvalue weighted by Gasteiger charge is -2.38. The third-order valence-electron chi connectivity index (χ3n) is 7.99. The molecule has 8 nitrogen and oxygen atoms in total. The molecule has 0 aliphatic carbocycles. The molecule has 5 rings (SSSR count). The van der Waals surface area contributed by atoms with Crippen LogP contribution in [-0.4, -0.2) is 44.5 Å². The summed E-state index contributed by atoms with van der Waals surface area (Å²) < 4.78 is 55.4. The largest absolute Gasteiger partial charge is 0.490 e. The number of aryl methyl sites for hydroxylation is 1. The maximum Gasteiger partial charge on any atom is 0.337 e. The molecule has 0 amide bonds. The summed E-state index contributed by atoms with van der Waals surface area (Å²) in [5.74, 6) is -0.960. The van der Waals surface area contributed by atoms with Gasteiger partial charge in [-0.1, -0.05) is 18.2 Å². The maximum atomic E-state index is 15.6. The second kappa shape index (κ2) is 10.3. The van der Waals surface area contributed by atoms with E-state index in [1.807, 2.05) is 32.0 Å². The van der Waals surface area contributed by atoms with Crippen LogP contribution in [-0.2, 0) is 26.1 Å². The van der Waals surface area contributed by atoms with Crippen molar-refractivity contribution in [2.75, 3.05) is 29.0 Å². The highest BCUT2D eigenvalue weighted by atomic mass is 32.2. The second-order valence-electron chi connectivity index (χ2n) is 12.1. The number of sulfonamides is 1. The van der Waals surface area contributed by atoms with E-state index in [4.69, 9.17) is 9.47 Å². The molecule has 1 atom stereocenters. The average Bonchev–Trinajstić information content (AvgIpc) is 2.90. The number of halogens is 1. The molecule has 10 heteroatoms. The summed E-state index contributed by atoms with van der Waals surface area (Å²) in [5, 5.41) is 13.9. The van der Waals surface area contributed by atoms with Gasteiger partial charge < -0.3 is 19.9 Å². The Morgan fingerprint density at radius 2 is 1.71 bits per heavy atom. The lowest BCUT2D eigenvalue weighted by molar-refractivity contribution is -0.160. The fourth-order valence-electron chi connectivity index (χ4n) is 6.18. The number of hydrogen-bond acceptors (Lipinski definition) is 6. The number of carboxylic acid groups (broad SMARTS) is 1. The highest BCUT2D eigenvalue weighted by Crippen LogP contribution is 2.53. The zero-order valence-corrected chi connectivity index (χ0v) is 26.0. The Balaban J connectivity index is 1.98. The minimum absolute atomic E-state index is 0.204. The van der Waals surface area contributed by atoms with Gasteiger partial charge in [0.05, 0.1) is 29.8 Å². The first kappa shape index (κ1) is 29.8. The van der Waals surface area contributed by atoms with Gasteiger partial charge in [0.15, 0.2) is 6.10 Å². The molecule has 0 aromatic heterocycles. The van der Waals surface area contributed by atoms with Gasteiger partial charge in [0.2, 0.25) is 10.0 Å². The summed E-state index contributed by atoms with van der Waals surface area (Å²) in [6.45, 7) is 13.4. The highest BCUT2D eigenvalue weighted by molar-refractivity contribution is 7.92. The molecule has 224 valence electrons. The molecular formula is C32H37FN2O6S. The highest BCUT2D eigenvalue weighted by Gasteiger charge is 2.39. The van der Waals surface area contributed by atoms with Crippen molar-refractivity contribution in [1.29, 1.82) is 0 Å². The summed E-state index contributed by atoms with van der Waals surface area (Å²) in [7, 11) is -3.89. The molecule has 0 unspecified atom stereocenters. The van der Waals surface area contributed by atoms with Crippen molar-refractivity contribution < 1.29 is 32.2 Å². The lowest BCUT2D eigenvalue weighted by Crippen LogP contribution is -2.35. The van der Waals surface area contributed by atoms with Gasteiger partial charge in [-0.2, -0.15) is 0 Å². The van der Waals surface area contributed by atoms with Crippen molar-refractivity contribution in [1.82, 2.24) is 0 Å². The Morgan fingerprint density at radius 3 is 2.33 bits per heavy atom. The molecule has 2 aliphatic rings. The van der Waals surface area contributed by atoms with Gasteiger partial charge >= 0.3 is 5.97 Å². The Bertz CT molecular complexity index is 1740. The third-order valence-corrected chi connectivity index (χ3v) is 9.10. The van der Waals surface area contributed by atoms with Gasteiger partial charge in [-0.05, 0) is 93.5 Å². The van der Waals surface area contributed by atoms with Crippen LogP contribution in [0.2, 0.25) is 0 Å². The maximum absolute atomic E-state index is 15.6. The normalized spacial score (nSPS) is 15.2. The number of hydrogen-bond donors (Lipinski definition) is 2. The fourth-order valence-corrected chi connectivity index (χ4v) is 7.10. The summed E-state index contributed by atoms with van der Waals surface area (Å²) in [6, 6.07) is 7.24. The smallest absolute Gasteiger partial charge is 0.337 e. The van der Waals surface area contributed by atoms with Crippen molar-refractivity contribution in [3.63, 3.8) is 0 Å². The number of nitrogens with one attached hydrogen (secondary N) is 1. The van der Waals surface area contributed by atoms with E-state index >= 15 is 4.39 Å². The van der Waals surface area contributed by atoms with E-state index < -0.39 is 33.5 Å². The van der Waals surface area contributed by atoms with Crippen LogP contribution < -0.4 is 14.4 Å². The molecule has 2 heterocycles. The Labute approximate surface area is 246 Å². The van der Waals surface area contributed by atoms with Crippen LogP contribution >= 0.6 is 0 Å². The van der Waals surface area contributed by atoms with Crippen molar-refractivity contribution in [3.8, 4) is 28.0 Å². The Kier molecular flexibility index (Phi) is 7.30. The van der Waals surface area contributed by atoms with Crippen LogP contribution in [0, 0.1) is 33.5 Å². The number of anilines is 2. The van der Waals surface area contributed by atoms with Gasteiger partial charge in [-0.15, -0.1) is 0 Å². The zero-order chi connectivity index (χ0) is 30.9. The topological polar surface area (TPSA) is 105 Å². The first-order chi connectivity index (χ1) is 19.5. The van der Waals surface area contributed by atoms with E-state index in [0.29, 0.717) is 63.5 Å². The Morgan fingerprint density at radius 1 is 1.05 bits per heavy atom. The first-order valence-electron chi connectivity index (χ1n) is 13.9. The van der Waals surface area contributed by atoms with Gasteiger partial charge in [0, 0.05) is 23.2 Å². The summed E-state index contributed by atoms with van der Waals surface area (Å²) in [6.07, 6.45) is -0.335. The van der Waals surface area contributed by atoms with E-state index in [1.54, 1.807) is 40.7 Å². The number of carbonyl (C=O) groups is 1. The van der Waals surface area contributed by atoms with E-state index in [-0.39, 0.29) is 12.1 Å². The molecule has 0 radical (unpaired) electrons. The van der Waals surface area contributed by atoms with Crippen LogP contribution in [0.15, 0.2) is 24.3 Å². The van der Waals surface area contributed by atoms with E-state index in [9.17, 15) is 18.3 Å². The van der Waals surface area contributed by atoms with Crippen molar-refractivity contribution in [2.24, 2.45) is 0 Å². The zero-order valence-electron chi connectivity index (χ0n) is 25.2. The number of fused-ring (bicyclic) bond motifs is 4. The minimum atomic E-state index is -3.89. The number of carboxylic acids is 1. The van der Waals surface area contributed by atoms with Crippen LogP contribution in [0.4, 0.5) is 15.8 Å².